The average Bonchev–Trinajstić information content (AvgIpc) is 2.27. The maximum Gasteiger partial charge on any atom is 0.303 e. The molecule has 0 saturated carbocycles. The Hall–Kier alpha value is -2.04. The Bertz CT molecular complexity index is 472. The van der Waals surface area contributed by atoms with Crippen LogP contribution in [-0.4, -0.2) is 23.0 Å². The highest BCUT2D eigenvalue weighted by Gasteiger charge is 2.11. The van der Waals surface area contributed by atoms with Crippen LogP contribution in [0, 0.1) is 6.92 Å². The largest absolute Gasteiger partial charge is 0.481 e. The summed E-state index contributed by atoms with van der Waals surface area (Å²) in [5.41, 5.74) is 7.51. The van der Waals surface area contributed by atoms with Gasteiger partial charge in [-0.25, -0.2) is 0 Å². The normalized spacial score (nSPS) is 11.9. The lowest BCUT2D eigenvalue weighted by molar-refractivity contribution is -0.137. The van der Waals surface area contributed by atoms with Crippen LogP contribution in [0.1, 0.15) is 42.1 Å². The number of primary amides is 1. The van der Waals surface area contributed by atoms with Crippen molar-refractivity contribution >= 4 is 17.6 Å². The van der Waals surface area contributed by atoms with Crippen LogP contribution in [0.25, 0.3) is 0 Å². The number of hydrogen-bond donors (Lipinski definition) is 3. The van der Waals surface area contributed by atoms with Crippen molar-refractivity contribution in [1.29, 1.82) is 0 Å². The third-order valence-electron chi connectivity index (χ3n) is 2.87. The van der Waals surface area contributed by atoms with Gasteiger partial charge in [-0.3, -0.25) is 9.59 Å². The number of aliphatic carboxylic acids is 1. The maximum atomic E-state index is 11.3. The fourth-order valence-electron chi connectivity index (χ4n) is 1.89. The highest BCUT2D eigenvalue weighted by molar-refractivity contribution is 5.98. The minimum atomic E-state index is -0.791. The standard InChI is InChI=1S/C14H20N2O3/c1-9-6-7-11(14(15)19)12(8-9)16-10(2)4-3-5-13(17)18/h6-8,10,16H,3-5H2,1-2H3,(H2,15,19)(H,17,18). The number of nitrogens with two attached hydrogens (primary N) is 1. The Morgan fingerprint density at radius 1 is 1.42 bits per heavy atom. The van der Waals surface area contributed by atoms with E-state index >= 15 is 0 Å². The number of anilines is 1. The van der Waals surface area contributed by atoms with Gasteiger partial charge in [-0.05, 0) is 44.4 Å². The summed E-state index contributed by atoms with van der Waals surface area (Å²) in [6.07, 6.45) is 1.47. The molecular weight excluding hydrogens is 244 g/mol. The summed E-state index contributed by atoms with van der Waals surface area (Å²) in [5.74, 6) is -1.26. The zero-order valence-corrected chi connectivity index (χ0v) is 11.3. The summed E-state index contributed by atoms with van der Waals surface area (Å²) in [6, 6.07) is 5.48. The molecule has 0 heterocycles. The predicted molar refractivity (Wildman–Crippen MR) is 74.3 cm³/mol. The first-order valence-corrected chi connectivity index (χ1v) is 6.29. The molecular formula is C14H20N2O3. The van der Waals surface area contributed by atoms with E-state index in [1.807, 2.05) is 26.0 Å². The molecule has 5 nitrogen and oxygen atoms in total. The van der Waals surface area contributed by atoms with Gasteiger partial charge in [0.15, 0.2) is 0 Å². The number of nitrogens with one attached hydrogen (secondary N) is 1. The molecule has 0 radical (unpaired) electrons. The zero-order chi connectivity index (χ0) is 14.4. The van der Waals surface area contributed by atoms with Gasteiger partial charge in [0.05, 0.1) is 5.56 Å². The average molecular weight is 264 g/mol. The van der Waals surface area contributed by atoms with E-state index in [4.69, 9.17) is 10.8 Å². The number of rotatable bonds is 7. The molecule has 104 valence electrons. The molecule has 0 saturated heterocycles. The van der Waals surface area contributed by atoms with Crippen molar-refractivity contribution in [2.75, 3.05) is 5.32 Å². The summed E-state index contributed by atoms with van der Waals surface area (Å²) in [4.78, 5) is 21.8. The molecule has 1 rings (SSSR count). The maximum absolute atomic E-state index is 11.3. The summed E-state index contributed by atoms with van der Waals surface area (Å²) in [7, 11) is 0. The lowest BCUT2D eigenvalue weighted by atomic mass is 10.1. The fourth-order valence-corrected chi connectivity index (χ4v) is 1.89. The molecule has 0 spiro atoms. The molecule has 4 N–H and O–H groups in total. The van der Waals surface area contributed by atoms with Crippen molar-refractivity contribution in [1.82, 2.24) is 0 Å². The van der Waals surface area contributed by atoms with E-state index in [2.05, 4.69) is 5.32 Å². The molecule has 0 fully saturated rings. The van der Waals surface area contributed by atoms with E-state index in [0.717, 1.165) is 12.0 Å². The summed E-state index contributed by atoms with van der Waals surface area (Å²) in [5, 5.41) is 11.8. The second-order valence-corrected chi connectivity index (χ2v) is 4.74. The summed E-state index contributed by atoms with van der Waals surface area (Å²) >= 11 is 0. The molecule has 1 aromatic rings. The van der Waals surface area contributed by atoms with E-state index < -0.39 is 11.9 Å². The van der Waals surface area contributed by atoms with Crippen LogP contribution >= 0.6 is 0 Å². The van der Waals surface area contributed by atoms with Crippen molar-refractivity contribution in [2.24, 2.45) is 5.73 Å². The molecule has 0 bridgehead atoms. The number of carboxylic acids is 1. The van der Waals surface area contributed by atoms with Crippen LogP contribution in [0.15, 0.2) is 18.2 Å². The third kappa shape index (κ3) is 4.99. The second kappa shape index (κ2) is 6.78. The SMILES string of the molecule is Cc1ccc(C(N)=O)c(NC(C)CCCC(=O)O)c1. The molecule has 1 aromatic carbocycles. The van der Waals surface area contributed by atoms with Crippen molar-refractivity contribution in [2.45, 2.75) is 39.2 Å². The Morgan fingerprint density at radius 3 is 2.68 bits per heavy atom. The molecule has 0 aliphatic heterocycles. The first-order valence-electron chi connectivity index (χ1n) is 6.29. The van der Waals surface area contributed by atoms with E-state index in [-0.39, 0.29) is 12.5 Å². The fraction of sp³-hybridized carbons (Fsp3) is 0.429. The molecule has 0 aliphatic carbocycles. The number of carboxylic acid groups (broad SMARTS) is 1. The lowest BCUT2D eigenvalue weighted by Gasteiger charge is -2.17. The molecule has 1 unspecified atom stereocenters. The first-order chi connectivity index (χ1) is 8.90. The number of aryl methyl sites for hydroxylation is 1. The third-order valence-corrected chi connectivity index (χ3v) is 2.87. The van der Waals surface area contributed by atoms with Crippen molar-refractivity contribution in [3.8, 4) is 0 Å². The van der Waals surface area contributed by atoms with Crippen LogP contribution < -0.4 is 11.1 Å². The van der Waals surface area contributed by atoms with Gasteiger partial charge in [0.1, 0.15) is 0 Å². The Kier molecular flexibility index (Phi) is 5.36. The monoisotopic (exact) mass is 264 g/mol. The number of carbonyl (C=O) groups is 2. The molecule has 5 heteroatoms. The molecule has 0 aliphatic rings. The second-order valence-electron chi connectivity index (χ2n) is 4.74. The highest BCUT2D eigenvalue weighted by Crippen LogP contribution is 2.19. The van der Waals surface area contributed by atoms with Crippen LogP contribution in [0.2, 0.25) is 0 Å². The minimum Gasteiger partial charge on any atom is -0.481 e. The molecule has 19 heavy (non-hydrogen) atoms. The quantitative estimate of drug-likeness (QED) is 0.703. The predicted octanol–water partition coefficient (Wildman–Crippen LogP) is 2.15. The first kappa shape index (κ1) is 15.0. The lowest BCUT2D eigenvalue weighted by Crippen LogP contribution is -2.20. The van der Waals surface area contributed by atoms with E-state index in [1.54, 1.807) is 6.07 Å². The van der Waals surface area contributed by atoms with E-state index in [9.17, 15) is 9.59 Å². The molecule has 0 aromatic heterocycles. The van der Waals surface area contributed by atoms with Gasteiger partial charge in [-0.2, -0.15) is 0 Å². The van der Waals surface area contributed by atoms with Crippen LogP contribution in [0.5, 0.6) is 0 Å². The highest BCUT2D eigenvalue weighted by atomic mass is 16.4. The van der Waals surface area contributed by atoms with Crippen molar-refractivity contribution < 1.29 is 14.7 Å². The van der Waals surface area contributed by atoms with Gasteiger partial charge in [0.25, 0.3) is 5.91 Å². The van der Waals surface area contributed by atoms with Crippen LogP contribution in [-0.2, 0) is 4.79 Å². The number of amides is 1. The molecule has 1 atom stereocenters. The van der Waals surface area contributed by atoms with E-state index in [0.29, 0.717) is 17.7 Å². The van der Waals surface area contributed by atoms with Gasteiger partial charge in [0, 0.05) is 18.2 Å². The Labute approximate surface area is 112 Å². The van der Waals surface area contributed by atoms with Gasteiger partial charge < -0.3 is 16.2 Å². The van der Waals surface area contributed by atoms with Crippen molar-refractivity contribution in [3.05, 3.63) is 29.3 Å². The van der Waals surface area contributed by atoms with Crippen LogP contribution in [0.4, 0.5) is 5.69 Å². The topological polar surface area (TPSA) is 92.4 Å². The number of hydrogen-bond acceptors (Lipinski definition) is 3. The van der Waals surface area contributed by atoms with Gasteiger partial charge in [0.2, 0.25) is 0 Å². The van der Waals surface area contributed by atoms with Gasteiger partial charge in [-0.15, -0.1) is 0 Å². The van der Waals surface area contributed by atoms with E-state index in [1.165, 1.54) is 0 Å². The Morgan fingerprint density at radius 2 is 2.11 bits per heavy atom. The molecule has 1 amide bonds. The van der Waals surface area contributed by atoms with Gasteiger partial charge >= 0.3 is 5.97 Å². The van der Waals surface area contributed by atoms with Gasteiger partial charge in [-0.1, -0.05) is 6.07 Å². The number of benzene rings is 1. The van der Waals surface area contributed by atoms with Crippen LogP contribution in [0.3, 0.4) is 0 Å². The minimum absolute atomic E-state index is 0.0826. The summed E-state index contributed by atoms with van der Waals surface area (Å²) in [6.45, 7) is 3.89. The zero-order valence-electron chi connectivity index (χ0n) is 11.3. The number of carbonyl (C=O) groups excluding carboxylic acids is 1. The van der Waals surface area contributed by atoms with Crippen molar-refractivity contribution in [3.63, 3.8) is 0 Å². The Balaban J connectivity index is 2.67. The smallest absolute Gasteiger partial charge is 0.303 e. The summed E-state index contributed by atoms with van der Waals surface area (Å²) < 4.78 is 0.